The van der Waals surface area contributed by atoms with Gasteiger partial charge in [-0.3, -0.25) is 0 Å². The second-order valence-electron chi connectivity index (χ2n) is 6.24. The van der Waals surface area contributed by atoms with Gasteiger partial charge in [0.15, 0.2) is 0 Å². The van der Waals surface area contributed by atoms with Gasteiger partial charge in [-0.25, -0.2) is 0 Å². The first-order valence-corrected chi connectivity index (χ1v) is 7.42. The van der Waals surface area contributed by atoms with Gasteiger partial charge in [-0.2, -0.15) is 0 Å². The molecular formula is C16H25BO3. The second kappa shape index (κ2) is 5.42. The summed E-state index contributed by atoms with van der Waals surface area (Å²) in [5.74, 6) is 0.907. The van der Waals surface area contributed by atoms with E-state index in [-0.39, 0.29) is 18.3 Å². The van der Waals surface area contributed by atoms with Crippen LogP contribution in [0, 0.1) is 0 Å². The van der Waals surface area contributed by atoms with E-state index < -0.39 is 0 Å². The van der Waals surface area contributed by atoms with Crippen LogP contribution in [0.1, 0.15) is 47.1 Å². The predicted molar refractivity (Wildman–Crippen MR) is 82.7 cm³/mol. The summed E-state index contributed by atoms with van der Waals surface area (Å²) in [4.78, 5) is 0. The van der Waals surface area contributed by atoms with E-state index in [2.05, 4.69) is 46.8 Å². The molecule has 1 aliphatic rings. The van der Waals surface area contributed by atoms with Crippen molar-refractivity contribution in [2.75, 3.05) is 6.61 Å². The first-order chi connectivity index (χ1) is 9.30. The lowest BCUT2D eigenvalue weighted by atomic mass is 9.75. The van der Waals surface area contributed by atoms with Crippen LogP contribution in [0.15, 0.2) is 18.2 Å². The second-order valence-corrected chi connectivity index (χ2v) is 6.24. The molecule has 0 amide bonds. The molecule has 1 heterocycles. The summed E-state index contributed by atoms with van der Waals surface area (Å²) in [5, 5.41) is 0. The van der Waals surface area contributed by atoms with Crippen molar-refractivity contribution in [3.8, 4) is 5.75 Å². The molecule has 1 aromatic carbocycles. The van der Waals surface area contributed by atoms with Crippen molar-refractivity contribution in [3.05, 3.63) is 23.8 Å². The van der Waals surface area contributed by atoms with Gasteiger partial charge in [0.05, 0.1) is 17.8 Å². The van der Waals surface area contributed by atoms with Crippen LogP contribution < -0.4 is 10.2 Å². The van der Waals surface area contributed by atoms with Crippen LogP contribution in [-0.2, 0) is 15.7 Å². The van der Waals surface area contributed by atoms with E-state index in [0.29, 0.717) is 6.61 Å². The maximum atomic E-state index is 6.13. The highest BCUT2D eigenvalue weighted by Gasteiger charge is 2.52. The Morgan fingerprint density at radius 2 is 1.65 bits per heavy atom. The molecule has 20 heavy (non-hydrogen) atoms. The van der Waals surface area contributed by atoms with Gasteiger partial charge in [0, 0.05) is 0 Å². The molecule has 4 heteroatoms. The summed E-state index contributed by atoms with van der Waals surface area (Å²) in [5.41, 5.74) is 1.71. The molecule has 0 spiro atoms. The Morgan fingerprint density at radius 1 is 1.05 bits per heavy atom. The zero-order valence-electron chi connectivity index (χ0n) is 13.4. The topological polar surface area (TPSA) is 27.7 Å². The third kappa shape index (κ3) is 2.72. The average molecular weight is 276 g/mol. The minimum Gasteiger partial charge on any atom is -0.494 e. The Morgan fingerprint density at radius 3 is 2.15 bits per heavy atom. The van der Waals surface area contributed by atoms with Gasteiger partial charge in [-0.15, -0.1) is 0 Å². The molecule has 0 unspecified atom stereocenters. The quantitative estimate of drug-likeness (QED) is 0.791. The van der Waals surface area contributed by atoms with Gasteiger partial charge >= 0.3 is 7.12 Å². The van der Waals surface area contributed by atoms with E-state index in [1.807, 2.05) is 13.0 Å². The third-order valence-electron chi connectivity index (χ3n) is 4.31. The molecule has 0 saturated carbocycles. The summed E-state index contributed by atoms with van der Waals surface area (Å²) in [7, 11) is -0.300. The summed E-state index contributed by atoms with van der Waals surface area (Å²) in [6, 6.07) is 6.14. The van der Waals surface area contributed by atoms with Crippen molar-refractivity contribution in [2.45, 2.75) is 59.2 Å². The van der Waals surface area contributed by atoms with Crippen molar-refractivity contribution < 1.29 is 14.0 Å². The fourth-order valence-corrected chi connectivity index (χ4v) is 2.34. The van der Waals surface area contributed by atoms with Crippen LogP contribution in [0.3, 0.4) is 0 Å². The number of hydrogen-bond donors (Lipinski definition) is 0. The normalized spacial score (nSPS) is 20.2. The van der Waals surface area contributed by atoms with Crippen LogP contribution in [0.25, 0.3) is 0 Å². The standard InChI is InChI=1S/C16H25BO3/c1-7-12-11-13(18-8-2)9-10-14(12)17-19-15(3,4)16(5,6)20-17/h9-11H,7-8H2,1-6H3. The van der Waals surface area contributed by atoms with Crippen molar-refractivity contribution in [1.29, 1.82) is 0 Å². The minimum atomic E-state index is -0.304. The Kier molecular flexibility index (Phi) is 4.17. The number of hydrogen-bond acceptors (Lipinski definition) is 3. The lowest BCUT2D eigenvalue weighted by molar-refractivity contribution is 0.00578. The lowest BCUT2D eigenvalue weighted by Crippen LogP contribution is -2.41. The van der Waals surface area contributed by atoms with E-state index >= 15 is 0 Å². The molecule has 3 nitrogen and oxygen atoms in total. The highest BCUT2D eigenvalue weighted by atomic mass is 16.7. The van der Waals surface area contributed by atoms with Gasteiger partial charge in [0.25, 0.3) is 0 Å². The van der Waals surface area contributed by atoms with Crippen molar-refractivity contribution in [3.63, 3.8) is 0 Å². The van der Waals surface area contributed by atoms with E-state index in [1.165, 1.54) is 5.56 Å². The van der Waals surface area contributed by atoms with Crippen molar-refractivity contribution in [2.24, 2.45) is 0 Å². The van der Waals surface area contributed by atoms with Crippen LogP contribution >= 0.6 is 0 Å². The number of benzene rings is 1. The lowest BCUT2D eigenvalue weighted by Gasteiger charge is -2.32. The molecule has 0 aromatic heterocycles. The van der Waals surface area contributed by atoms with Gasteiger partial charge < -0.3 is 14.0 Å². The molecule has 1 fully saturated rings. The number of ether oxygens (including phenoxy) is 1. The van der Waals surface area contributed by atoms with Crippen molar-refractivity contribution in [1.82, 2.24) is 0 Å². The molecule has 1 saturated heterocycles. The Labute approximate surface area is 122 Å². The summed E-state index contributed by atoms with van der Waals surface area (Å²) >= 11 is 0. The van der Waals surface area contributed by atoms with E-state index in [9.17, 15) is 0 Å². The zero-order chi connectivity index (χ0) is 15.0. The Bertz CT molecular complexity index is 467. The van der Waals surface area contributed by atoms with E-state index in [0.717, 1.165) is 17.6 Å². The summed E-state index contributed by atoms with van der Waals surface area (Å²) in [6.07, 6.45) is 0.931. The molecule has 0 atom stereocenters. The molecule has 0 radical (unpaired) electrons. The molecule has 0 aliphatic carbocycles. The number of aryl methyl sites for hydroxylation is 1. The first kappa shape index (κ1) is 15.4. The van der Waals surface area contributed by atoms with Crippen LogP contribution in [-0.4, -0.2) is 24.9 Å². The van der Waals surface area contributed by atoms with Crippen LogP contribution in [0.5, 0.6) is 5.75 Å². The van der Waals surface area contributed by atoms with E-state index in [1.54, 1.807) is 0 Å². The Balaban J connectivity index is 2.30. The van der Waals surface area contributed by atoms with Crippen LogP contribution in [0.4, 0.5) is 0 Å². The van der Waals surface area contributed by atoms with Gasteiger partial charge in [0.1, 0.15) is 5.75 Å². The SMILES string of the molecule is CCOc1ccc(B2OC(C)(C)C(C)(C)O2)c(CC)c1. The highest BCUT2D eigenvalue weighted by Crippen LogP contribution is 2.36. The highest BCUT2D eigenvalue weighted by molar-refractivity contribution is 6.62. The van der Waals surface area contributed by atoms with Gasteiger partial charge in [0.2, 0.25) is 0 Å². The molecule has 2 rings (SSSR count). The monoisotopic (exact) mass is 276 g/mol. The average Bonchev–Trinajstić information content (AvgIpc) is 2.58. The molecule has 1 aliphatic heterocycles. The van der Waals surface area contributed by atoms with Crippen molar-refractivity contribution >= 4 is 12.6 Å². The minimum absolute atomic E-state index is 0.300. The summed E-state index contributed by atoms with van der Waals surface area (Å²) < 4.78 is 17.8. The maximum Gasteiger partial charge on any atom is 0.495 e. The third-order valence-corrected chi connectivity index (χ3v) is 4.31. The molecule has 0 bridgehead atoms. The predicted octanol–water partition coefficient (Wildman–Crippen LogP) is 2.95. The fraction of sp³-hybridized carbons (Fsp3) is 0.625. The first-order valence-electron chi connectivity index (χ1n) is 7.42. The Hall–Kier alpha value is -0.995. The molecular weight excluding hydrogens is 251 g/mol. The largest absolute Gasteiger partial charge is 0.495 e. The fourth-order valence-electron chi connectivity index (χ4n) is 2.34. The number of rotatable bonds is 4. The molecule has 0 N–H and O–H groups in total. The smallest absolute Gasteiger partial charge is 0.494 e. The molecule has 1 aromatic rings. The van der Waals surface area contributed by atoms with Crippen LogP contribution in [0.2, 0.25) is 0 Å². The van der Waals surface area contributed by atoms with Gasteiger partial charge in [-0.1, -0.05) is 13.0 Å². The van der Waals surface area contributed by atoms with Gasteiger partial charge in [-0.05, 0) is 64.2 Å². The summed E-state index contributed by atoms with van der Waals surface area (Å²) in [6.45, 7) is 13.1. The molecule has 110 valence electrons. The van der Waals surface area contributed by atoms with E-state index in [4.69, 9.17) is 14.0 Å². The zero-order valence-corrected chi connectivity index (χ0v) is 13.4. The maximum absolute atomic E-state index is 6.13.